The van der Waals surface area contributed by atoms with Gasteiger partial charge in [-0.2, -0.15) is 0 Å². The molecule has 4 heteroatoms. The van der Waals surface area contributed by atoms with Gasteiger partial charge in [0.15, 0.2) is 0 Å². The average molecular weight is 266 g/mol. The molecule has 0 saturated heterocycles. The van der Waals surface area contributed by atoms with Crippen molar-refractivity contribution in [1.29, 1.82) is 0 Å². The summed E-state index contributed by atoms with van der Waals surface area (Å²) in [5, 5.41) is 1.14. The number of pyridine rings is 1. The van der Waals surface area contributed by atoms with Crippen molar-refractivity contribution in [2.45, 2.75) is 6.42 Å². The van der Waals surface area contributed by atoms with Gasteiger partial charge in [-0.15, -0.1) is 0 Å². The third kappa shape index (κ3) is 2.84. The molecule has 2 aromatic rings. The molecular formula is C13H9Cl2NO. The van der Waals surface area contributed by atoms with Gasteiger partial charge in [0.2, 0.25) is 0 Å². The van der Waals surface area contributed by atoms with Crippen LogP contribution in [0.15, 0.2) is 36.5 Å². The zero-order valence-electron chi connectivity index (χ0n) is 8.86. The molecule has 0 N–H and O–H groups in total. The first-order chi connectivity index (χ1) is 8.20. The Morgan fingerprint density at radius 2 is 2.00 bits per heavy atom. The van der Waals surface area contributed by atoms with Gasteiger partial charge < -0.3 is 4.79 Å². The zero-order chi connectivity index (χ0) is 12.3. The van der Waals surface area contributed by atoms with E-state index in [0.717, 1.165) is 23.1 Å². The Kier molecular flexibility index (Phi) is 3.77. The highest BCUT2D eigenvalue weighted by Crippen LogP contribution is 2.29. The first-order valence-corrected chi connectivity index (χ1v) is 5.80. The van der Waals surface area contributed by atoms with E-state index in [4.69, 9.17) is 23.2 Å². The molecule has 17 heavy (non-hydrogen) atoms. The lowest BCUT2D eigenvalue weighted by Gasteiger charge is -2.05. The summed E-state index contributed by atoms with van der Waals surface area (Å²) in [6, 6.07) is 8.91. The van der Waals surface area contributed by atoms with Gasteiger partial charge in [0.1, 0.15) is 6.29 Å². The van der Waals surface area contributed by atoms with Gasteiger partial charge in [-0.3, -0.25) is 4.98 Å². The Labute approximate surface area is 109 Å². The molecule has 0 aliphatic heterocycles. The third-order valence-electron chi connectivity index (χ3n) is 2.35. The fourth-order valence-corrected chi connectivity index (χ4v) is 2.05. The van der Waals surface area contributed by atoms with Gasteiger partial charge in [0.25, 0.3) is 0 Å². The first-order valence-electron chi connectivity index (χ1n) is 5.04. The van der Waals surface area contributed by atoms with Gasteiger partial charge in [-0.1, -0.05) is 23.2 Å². The molecule has 1 aromatic carbocycles. The van der Waals surface area contributed by atoms with Gasteiger partial charge in [-0.25, -0.2) is 0 Å². The second-order valence-corrected chi connectivity index (χ2v) is 4.39. The normalized spacial score (nSPS) is 10.2. The van der Waals surface area contributed by atoms with Crippen molar-refractivity contribution in [3.8, 4) is 11.3 Å². The smallest absolute Gasteiger partial charge is 0.124 e. The average Bonchev–Trinajstić information content (AvgIpc) is 2.29. The maximum Gasteiger partial charge on any atom is 0.124 e. The maximum atomic E-state index is 10.5. The molecule has 86 valence electrons. The Morgan fingerprint density at radius 3 is 2.71 bits per heavy atom. The number of carbonyl (C=O) groups is 1. The molecule has 0 radical (unpaired) electrons. The number of rotatable bonds is 3. The molecule has 2 rings (SSSR count). The minimum absolute atomic E-state index is 0.376. The highest BCUT2D eigenvalue weighted by atomic mass is 35.5. The minimum Gasteiger partial charge on any atom is -0.303 e. The second-order valence-electron chi connectivity index (χ2n) is 3.54. The molecule has 0 aliphatic carbocycles. The highest BCUT2D eigenvalue weighted by molar-refractivity contribution is 6.36. The summed E-state index contributed by atoms with van der Waals surface area (Å²) in [7, 11) is 0. The molecule has 0 spiro atoms. The van der Waals surface area contributed by atoms with Crippen molar-refractivity contribution in [3.63, 3.8) is 0 Å². The molecule has 0 atom stereocenters. The molecule has 0 bridgehead atoms. The molecule has 2 nitrogen and oxygen atoms in total. The van der Waals surface area contributed by atoms with Crippen LogP contribution in [-0.2, 0) is 11.2 Å². The molecule has 0 aliphatic rings. The number of hydrogen-bond acceptors (Lipinski definition) is 2. The molecule has 0 amide bonds. The largest absolute Gasteiger partial charge is 0.303 e. The van der Waals surface area contributed by atoms with Crippen LogP contribution in [0.3, 0.4) is 0 Å². The van der Waals surface area contributed by atoms with E-state index in [9.17, 15) is 4.79 Å². The van der Waals surface area contributed by atoms with Crippen molar-refractivity contribution >= 4 is 29.5 Å². The van der Waals surface area contributed by atoms with E-state index in [1.165, 1.54) is 0 Å². The van der Waals surface area contributed by atoms with E-state index < -0.39 is 0 Å². The van der Waals surface area contributed by atoms with Crippen molar-refractivity contribution in [1.82, 2.24) is 4.98 Å². The predicted octanol–water partition coefficient (Wildman–Crippen LogP) is 3.80. The molecular weight excluding hydrogens is 257 g/mol. The van der Waals surface area contributed by atoms with Gasteiger partial charge in [-0.05, 0) is 35.9 Å². The number of aldehydes is 1. The number of benzene rings is 1. The van der Waals surface area contributed by atoms with Crippen LogP contribution >= 0.6 is 23.2 Å². The van der Waals surface area contributed by atoms with Crippen LogP contribution in [0.4, 0.5) is 0 Å². The highest BCUT2D eigenvalue weighted by Gasteiger charge is 2.06. The summed E-state index contributed by atoms with van der Waals surface area (Å²) in [6.45, 7) is 0. The second kappa shape index (κ2) is 5.30. The monoisotopic (exact) mass is 265 g/mol. The van der Waals surface area contributed by atoms with Gasteiger partial charge in [0.05, 0.1) is 10.7 Å². The van der Waals surface area contributed by atoms with E-state index in [1.54, 1.807) is 18.3 Å². The summed E-state index contributed by atoms with van der Waals surface area (Å²) in [5.41, 5.74) is 2.46. The Hall–Kier alpha value is -1.38. The lowest BCUT2D eigenvalue weighted by atomic mass is 10.1. The zero-order valence-corrected chi connectivity index (χ0v) is 10.4. The maximum absolute atomic E-state index is 10.5. The van der Waals surface area contributed by atoms with E-state index in [2.05, 4.69) is 4.98 Å². The van der Waals surface area contributed by atoms with Crippen LogP contribution in [0.2, 0.25) is 10.0 Å². The summed E-state index contributed by atoms with van der Waals surface area (Å²) < 4.78 is 0. The van der Waals surface area contributed by atoms with Crippen molar-refractivity contribution in [2.75, 3.05) is 0 Å². The lowest BCUT2D eigenvalue weighted by Crippen LogP contribution is -1.90. The lowest BCUT2D eigenvalue weighted by molar-refractivity contribution is -0.107. The Bertz CT molecular complexity index is 555. The number of aromatic nitrogens is 1. The Morgan fingerprint density at radius 1 is 1.18 bits per heavy atom. The van der Waals surface area contributed by atoms with E-state index in [0.29, 0.717) is 16.5 Å². The molecule has 1 aromatic heterocycles. The van der Waals surface area contributed by atoms with Crippen LogP contribution in [0.25, 0.3) is 11.3 Å². The van der Waals surface area contributed by atoms with Crippen molar-refractivity contribution < 1.29 is 4.79 Å². The minimum atomic E-state index is 0.376. The van der Waals surface area contributed by atoms with Crippen LogP contribution < -0.4 is 0 Å². The summed E-state index contributed by atoms with van der Waals surface area (Å²) in [5.74, 6) is 0. The summed E-state index contributed by atoms with van der Waals surface area (Å²) >= 11 is 11.9. The fraction of sp³-hybridized carbons (Fsp3) is 0.0769. The van der Waals surface area contributed by atoms with Gasteiger partial charge >= 0.3 is 0 Å². The molecule has 0 saturated carbocycles. The molecule has 0 fully saturated rings. The third-order valence-corrected chi connectivity index (χ3v) is 2.90. The van der Waals surface area contributed by atoms with Crippen LogP contribution in [0.5, 0.6) is 0 Å². The van der Waals surface area contributed by atoms with E-state index in [1.807, 2.05) is 18.2 Å². The Balaban J connectivity index is 2.45. The first kappa shape index (κ1) is 12.1. The summed E-state index contributed by atoms with van der Waals surface area (Å²) in [4.78, 5) is 14.7. The van der Waals surface area contributed by atoms with Crippen LogP contribution in [0, 0.1) is 0 Å². The summed E-state index contributed by atoms with van der Waals surface area (Å²) in [6.07, 6.45) is 2.91. The molecule has 0 unspecified atom stereocenters. The van der Waals surface area contributed by atoms with E-state index >= 15 is 0 Å². The number of carbonyl (C=O) groups excluding carboxylic acids is 1. The topological polar surface area (TPSA) is 30.0 Å². The number of hydrogen-bond donors (Lipinski definition) is 0. The van der Waals surface area contributed by atoms with Crippen molar-refractivity contribution in [2.24, 2.45) is 0 Å². The number of halogens is 2. The van der Waals surface area contributed by atoms with Crippen LogP contribution in [0.1, 0.15) is 5.56 Å². The molecule has 1 heterocycles. The van der Waals surface area contributed by atoms with Crippen molar-refractivity contribution in [3.05, 3.63) is 52.1 Å². The van der Waals surface area contributed by atoms with Gasteiger partial charge in [0, 0.05) is 23.2 Å². The SMILES string of the molecule is O=CCc1ccnc(-c2ccc(Cl)cc2Cl)c1. The quantitative estimate of drug-likeness (QED) is 0.791. The predicted molar refractivity (Wildman–Crippen MR) is 69.5 cm³/mol. The number of nitrogens with zero attached hydrogens (tertiary/aromatic N) is 1. The van der Waals surface area contributed by atoms with E-state index in [-0.39, 0.29) is 0 Å². The van der Waals surface area contributed by atoms with Crippen LogP contribution in [-0.4, -0.2) is 11.3 Å². The standard InChI is InChI=1S/C13H9Cl2NO/c14-10-1-2-11(12(15)8-10)13-7-9(4-6-17)3-5-16-13/h1-3,5-8H,4H2. The fourth-order valence-electron chi connectivity index (χ4n) is 1.54.